The zero-order valence-electron chi connectivity index (χ0n) is 22.7. The summed E-state index contributed by atoms with van der Waals surface area (Å²) in [6.45, 7) is 2.82. The first-order valence-corrected chi connectivity index (χ1v) is 14.2. The van der Waals surface area contributed by atoms with E-state index >= 15 is 0 Å². The first kappa shape index (κ1) is 26.0. The minimum atomic E-state index is -0.127. The summed E-state index contributed by atoms with van der Waals surface area (Å²) < 4.78 is 6.19. The van der Waals surface area contributed by atoms with Crippen LogP contribution in [0.25, 0.3) is 10.9 Å². The molecule has 0 radical (unpaired) electrons. The van der Waals surface area contributed by atoms with Gasteiger partial charge in [-0.2, -0.15) is 0 Å². The quantitative estimate of drug-likeness (QED) is 0.383. The van der Waals surface area contributed by atoms with E-state index in [1.54, 1.807) is 12.4 Å². The fraction of sp³-hybridized carbons (Fsp3) is 0.375. The van der Waals surface area contributed by atoms with Crippen LogP contribution >= 0.6 is 0 Å². The number of ether oxygens (including phenoxy) is 1. The first-order valence-electron chi connectivity index (χ1n) is 14.2. The molecule has 2 aromatic heterocycles. The molecule has 206 valence electrons. The SMILES string of the molecule is O=C(c1cnccn1)N1CCOc2ccccc2CCCCC2(CCN(C(=O)c3cc4ccccc4[nH]3)CC2)C1. The number of piperidine rings is 1. The van der Waals surface area contributed by atoms with E-state index in [1.807, 2.05) is 52.3 Å². The average Bonchev–Trinajstić information content (AvgIpc) is 3.44. The molecule has 0 saturated carbocycles. The number of hydrogen-bond donors (Lipinski definition) is 1. The maximum atomic E-state index is 13.6. The molecule has 2 aromatic carbocycles. The summed E-state index contributed by atoms with van der Waals surface area (Å²) in [4.78, 5) is 42.6. The highest BCUT2D eigenvalue weighted by molar-refractivity contribution is 5.98. The van der Waals surface area contributed by atoms with Crippen LogP contribution in [0.5, 0.6) is 5.75 Å². The third kappa shape index (κ3) is 5.57. The first-order chi connectivity index (χ1) is 19.6. The number of H-pyrrole nitrogens is 1. The zero-order chi connectivity index (χ0) is 27.4. The molecule has 2 amide bonds. The van der Waals surface area contributed by atoms with Crippen LogP contribution in [-0.2, 0) is 6.42 Å². The number of para-hydroxylation sites is 2. The second kappa shape index (κ2) is 11.5. The van der Waals surface area contributed by atoms with Crippen LogP contribution in [0.1, 0.15) is 58.6 Å². The van der Waals surface area contributed by atoms with Gasteiger partial charge in [0.25, 0.3) is 11.8 Å². The Kier molecular flexibility index (Phi) is 7.49. The minimum absolute atomic E-state index is 0.0386. The molecule has 0 bridgehead atoms. The van der Waals surface area contributed by atoms with Gasteiger partial charge in [0.1, 0.15) is 23.7 Å². The molecule has 8 nitrogen and oxygen atoms in total. The van der Waals surface area contributed by atoms with Crippen LogP contribution in [0.4, 0.5) is 0 Å². The van der Waals surface area contributed by atoms with E-state index in [9.17, 15) is 9.59 Å². The lowest BCUT2D eigenvalue weighted by atomic mass is 9.73. The summed E-state index contributed by atoms with van der Waals surface area (Å²) in [6.07, 6.45) is 10.4. The number of aromatic nitrogens is 3. The normalized spacial score (nSPS) is 17.9. The lowest BCUT2D eigenvalue weighted by Gasteiger charge is -2.44. The van der Waals surface area contributed by atoms with Gasteiger partial charge < -0.3 is 19.5 Å². The molecular formula is C32H35N5O3. The molecule has 6 rings (SSSR count). The van der Waals surface area contributed by atoms with Gasteiger partial charge in [-0.3, -0.25) is 14.6 Å². The highest BCUT2D eigenvalue weighted by atomic mass is 16.5. The molecule has 1 spiro atoms. The minimum Gasteiger partial charge on any atom is -0.491 e. The topological polar surface area (TPSA) is 91.4 Å². The summed E-state index contributed by atoms with van der Waals surface area (Å²) in [6, 6.07) is 18.1. The molecule has 4 heterocycles. The third-order valence-corrected chi connectivity index (χ3v) is 8.46. The predicted octanol–water partition coefficient (Wildman–Crippen LogP) is 5.13. The van der Waals surface area contributed by atoms with Gasteiger partial charge in [0.05, 0.1) is 12.7 Å². The van der Waals surface area contributed by atoms with Gasteiger partial charge >= 0.3 is 0 Å². The lowest BCUT2D eigenvalue weighted by Crippen LogP contribution is -2.50. The number of amides is 2. The van der Waals surface area contributed by atoms with Crippen LogP contribution < -0.4 is 4.74 Å². The number of aryl methyl sites for hydroxylation is 1. The highest BCUT2D eigenvalue weighted by Gasteiger charge is 2.39. The van der Waals surface area contributed by atoms with Crippen molar-refractivity contribution < 1.29 is 14.3 Å². The summed E-state index contributed by atoms with van der Waals surface area (Å²) in [5.41, 5.74) is 3.08. The van der Waals surface area contributed by atoms with Crippen molar-refractivity contribution in [1.29, 1.82) is 0 Å². The number of fused-ring (bicyclic) bond motifs is 2. The van der Waals surface area contributed by atoms with Gasteiger partial charge in [0.2, 0.25) is 0 Å². The second-order valence-corrected chi connectivity index (χ2v) is 11.0. The molecule has 2 aliphatic rings. The Morgan fingerprint density at radius 1 is 0.875 bits per heavy atom. The zero-order valence-corrected chi connectivity index (χ0v) is 22.7. The Balaban J connectivity index is 1.22. The van der Waals surface area contributed by atoms with Crippen LogP contribution in [0.2, 0.25) is 0 Å². The maximum Gasteiger partial charge on any atom is 0.274 e. The Bertz CT molecular complexity index is 1440. The van der Waals surface area contributed by atoms with Gasteiger partial charge in [0, 0.05) is 42.9 Å². The monoisotopic (exact) mass is 537 g/mol. The molecule has 0 atom stereocenters. The Labute approximate surface area is 234 Å². The molecule has 1 saturated heterocycles. The number of carbonyl (C=O) groups excluding carboxylic acids is 2. The number of nitrogens with zero attached hydrogens (tertiary/aromatic N) is 4. The van der Waals surface area contributed by atoms with Crippen molar-refractivity contribution >= 4 is 22.7 Å². The van der Waals surface area contributed by atoms with Crippen molar-refractivity contribution in [2.75, 3.05) is 32.8 Å². The predicted molar refractivity (Wildman–Crippen MR) is 153 cm³/mol. The molecule has 1 fully saturated rings. The van der Waals surface area contributed by atoms with Crippen molar-refractivity contribution in [3.8, 4) is 5.75 Å². The molecule has 2 aliphatic heterocycles. The van der Waals surface area contributed by atoms with Crippen LogP contribution in [-0.4, -0.2) is 69.4 Å². The van der Waals surface area contributed by atoms with Crippen molar-refractivity contribution in [1.82, 2.24) is 24.8 Å². The van der Waals surface area contributed by atoms with Gasteiger partial charge in [-0.25, -0.2) is 4.98 Å². The maximum absolute atomic E-state index is 13.6. The second-order valence-electron chi connectivity index (χ2n) is 11.0. The summed E-state index contributed by atoms with van der Waals surface area (Å²) >= 11 is 0. The van der Waals surface area contributed by atoms with E-state index in [0.29, 0.717) is 44.2 Å². The third-order valence-electron chi connectivity index (χ3n) is 8.46. The summed E-state index contributed by atoms with van der Waals surface area (Å²) in [5, 5.41) is 1.04. The smallest absolute Gasteiger partial charge is 0.274 e. The van der Waals surface area contributed by atoms with Crippen molar-refractivity contribution in [3.05, 3.63) is 90.1 Å². The van der Waals surface area contributed by atoms with E-state index in [2.05, 4.69) is 27.1 Å². The largest absolute Gasteiger partial charge is 0.491 e. The fourth-order valence-corrected chi connectivity index (χ4v) is 6.19. The van der Waals surface area contributed by atoms with Crippen molar-refractivity contribution in [2.45, 2.75) is 38.5 Å². The van der Waals surface area contributed by atoms with Gasteiger partial charge in [-0.05, 0) is 61.3 Å². The van der Waals surface area contributed by atoms with Crippen LogP contribution in [0, 0.1) is 5.41 Å². The number of aromatic amines is 1. The molecule has 8 heteroatoms. The Hall–Kier alpha value is -4.20. The van der Waals surface area contributed by atoms with Crippen molar-refractivity contribution in [2.24, 2.45) is 5.41 Å². The standard InChI is InChI=1S/C32H35N5O3/c38-30(27-21-25-9-1-3-10-26(25)35-27)36-17-13-32(14-18-36)12-6-5-8-24-7-2-4-11-29(24)40-20-19-37(23-32)31(39)28-22-33-15-16-34-28/h1-4,7,9-11,15-16,21-22,35H,5-6,8,12-14,17-20,23H2. The lowest BCUT2D eigenvalue weighted by molar-refractivity contribution is 0.0323. The average molecular weight is 538 g/mol. The van der Waals surface area contributed by atoms with E-state index in [0.717, 1.165) is 55.2 Å². The number of likely N-dealkylation sites (tertiary alicyclic amines) is 1. The number of hydrogen-bond acceptors (Lipinski definition) is 5. The van der Waals surface area contributed by atoms with E-state index in [4.69, 9.17) is 4.74 Å². The molecule has 0 unspecified atom stereocenters. The molecule has 1 N–H and O–H groups in total. The van der Waals surface area contributed by atoms with E-state index in [1.165, 1.54) is 11.8 Å². The number of rotatable bonds is 2. The molecular weight excluding hydrogens is 502 g/mol. The summed E-state index contributed by atoms with van der Waals surface area (Å²) in [7, 11) is 0. The van der Waals surface area contributed by atoms with Crippen LogP contribution in [0.15, 0.2) is 73.2 Å². The van der Waals surface area contributed by atoms with E-state index in [-0.39, 0.29) is 17.2 Å². The summed E-state index contributed by atoms with van der Waals surface area (Å²) in [5.74, 6) is 0.809. The highest BCUT2D eigenvalue weighted by Crippen LogP contribution is 2.39. The van der Waals surface area contributed by atoms with Gasteiger partial charge in [-0.1, -0.05) is 42.8 Å². The van der Waals surface area contributed by atoms with Gasteiger partial charge in [-0.15, -0.1) is 0 Å². The Morgan fingerprint density at radius 2 is 1.70 bits per heavy atom. The Morgan fingerprint density at radius 3 is 2.52 bits per heavy atom. The van der Waals surface area contributed by atoms with Crippen LogP contribution in [0.3, 0.4) is 0 Å². The number of carbonyl (C=O) groups is 2. The molecule has 4 aromatic rings. The van der Waals surface area contributed by atoms with Gasteiger partial charge in [0.15, 0.2) is 0 Å². The van der Waals surface area contributed by atoms with Crippen molar-refractivity contribution in [3.63, 3.8) is 0 Å². The number of nitrogens with one attached hydrogen (secondary N) is 1. The fourth-order valence-electron chi connectivity index (χ4n) is 6.19. The molecule has 40 heavy (non-hydrogen) atoms. The molecule has 0 aliphatic carbocycles. The van der Waals surface area contributed by atoms with E-state index < -0.39 is 0 Å². The number of benzene rings is 2.